The minimum atomic E-state index is -1.39. The molecule has 1 saturated carbocycles. The van der Waals surface area contributed by atoms with Crippen molar-refractivity contribution >= 4 is 23.7 Å². The zero-order chi connectivity index (χ0) is 14.6. The van der Waals surface area contributed by atoms with Crippen LogP contribution in [0.25, 0.3) is 0 Å². The smallest absolute Gasteiger partial charge is 0.425 e. The van der Waals surface area contributed by atoms with E-state index in [0.29, 0.717) is 0 Å². The largest absolute Gasteiger partial charge is 0.512 e. The second-order valence-electron chi connectivity index (χ2n) is 4.46. The zero-order valence-corrected chi connectivity index (χ0v) is 11.0. The molecule has 19 heavy (non-hydrogen) atoms. The molecule has 106 valence electrons. The lowest BCUT2D eigenvalue weighted by Crippen LogP contribution is -2.31. The quantitative estimate of drug-likeness (QED) is 0.427. The average Bonchev–Trinajstić information content (AvgIpc) is 2.60. The van der Waals surface area contributed by atoms with Gasteiger partial charge in [0.2, 0.25) is 12.4 Å². The van der Waals surface area contributed by atoms with Crippen LogP contribution in [0.15, 0.2) is 0 Å². The minimum absolute atomic E-state index is 0.0642. The van der Waals surface area contributed by atoms with Gasteiger partial charge in [0.25, 0.3) is 0 Å². The molecule has 1 aliphatic rings. The van der Waals surface area contributed by atoms with Crippen LogP contribution in [-0.2, 0) is 28.6 Å². The van der Waals surface area contributed by atoms with Crippen molar-refractivity contribution in [2.75, 3.05) is 0 Å². The highest BCUT2D eigenvalue weighted by Crippen LogP contribution is 2.15. The molecular formula is C12H16O7. The summed E-state index contributed by atoms with van der Waals surface area (Å²) in [7, 11) is 0. The van der Waals surface area contributed by atoms with Crippen LogP contribution < -0.4 is 0 Å². The van der Waals surface area contributed by atoms with E-state index < -0.39 is 36.1 Å². The molecule has 1 rings (SSSR count). The minimum Gasteiger partial charge on any atom is -0.425 e. The van der Waals surface area contributed by atoms with Crippen LogP contribution >= 0.6 is 0 Å². The van der Waals surface area contributed by atoms with Gasteiger partial charge >= 0.3 is 12.1 Å². The summed E-state index contributed by atoms with van der Waals surface area (Å²) in [5, 5.41) is 0. The van der Waals surface area contributed by atoms with E-state index in [1.165, 1.54) is 6.92 Å². The summed E-state index contributed by atoms with van der Waals surface area (Å²) in [4.78, 5) is 45.0. The molecule has 0 saturated heterocycles. The molecule has 7 heteroatoms. The summed E-state index contributed by atoms with van der Waals surface area (Å²) in [6.45, 7) is 4.59. The molecule has 0 aromatic carbocycles. The van der Waals surface area contributed by atoms with Gasteiger partial charge in [-0.25, -0.2) is 4.79 Å². The lowest BCUT2D eigenvalue weighted by Gasteiger charge is -2.16. The Hall–Kier alpha value is -1.92. The Morgan fingerprint density at radius 1 is 1.05 bits per heavy atom. The van der Waals surface area contributed by atoms with Crippen LogP contribution in [0.5, 0.6) is 0 Å². The summed E-state index contributed by atoms with van der Waals surface area (Å²) < 4.78 is 14.0. The maximum absolute atomic E-state index is 11.3. The molecule has 0 heterocycles. The van der Waals surface area contributed by atoms with E-state index in [1.54, 1.807) is 13.8 Å². The molecule has 1 fully saturated rings. The molecular weight excluding hydrogens is 256 g/mol. The number of ketones is 2. The lowest BCUT2D eigenvalue weighted by atomic mass is 10.2. The number of Topliss-reactive ketones (excluding diaryl/α,β-unsaturated/α-hetero) is 2. The average molecular weight is 272 g/mol. The number of carbonyl (C=O) groups is 4. The van der Waals surface area contributed by atoms with Gasteiger partial charge in [0.1, 0.15) is 0 Å². The van der Waals surface area contributed by atoms with Crippen LogP contribution in [0, 0.1) is 5.92 Å². The van der Waals surface area contributed by atoms with E-state index in [-0.39, 0.29) is 18.8 Å². The number of rotatable bonds is 4. The topological polar surface area (TPSA) is 96.0 Å². The lowest BCUT2D eigenvalue weighted by molar-refractivity contribution is -0.173. The van der Waals surface area contributed by atoms with Gasteiger partial charge in [-0.15, -0.1) is 0 Å². The van der Waals surface area contributed by atoms with E-state index in [1.807, 2.05) is 0 Å². The van der Waals surface area contributed by atoms with Gasteiger partial charge in [0, 0.05) is 19.8 Å². The Kier molecular flexibility index (Phi) is 5.02. The summed E-state index contributed by atoms with van der Waals surface area (Å²) >= 11 is 0. The predicted octanol–water partition coefficient (Wildman–Crippen LogP) is 0.985. The SMILES string of the molecule is CC(OC(=O)OC1C(=O)CCC1=O)OC(=O)C(C)C. The van der Waals surface area contributed by atoms with E-state index in [9.17, 15) is 19.2 Å². The molecule has 0 bridgehead atoms. The van der Waals surface area contributed by atoms with Gasteiger partial charge in [-0.1, -0.05) is 13.8 Å². The molecule has 0 N–H and O–H groups in total. The molecule has 0 aromatic heterocycles. The fourth-order valence-electron chi connectivity index (χ4n) is 1.40. The first-order chi connectivity index (χ1) is 8.81. The van der Waals surface area contributed by atoms with Crippen molar-refractivity contribution in [3.63, 3.8) is 0 Å². The Labute approximate surface area is 110 Å². The second kappa shape index (κ2) is 6.31. The number of esters is 1. The third kappa shape index (κ3) is 4.35. The van der Waals surface area contributed by atoms with Crippen LogP contribution in [0.1, 0.15) is 33.6 Å². The van der Waals surface area contributed by atoms with Gasteiger partial charge < -0.3 is 14.2 Å². The molecule has 1 aliphatic carbocycles. The molecule has 7 nitrogen and oxygen atoms in total. The Balaban J connectivity index is 2.41. The predicted molar refractivity (Wildman–Crippen MR) is 61.0 cm³/mol. The molecule has 1 atom stereocenters. The monoisotopic (exact) mass is 272 g/mol. The molecule has 1 unspecified atom stereocenters. The van der Waals surface area contributed by atoms with Gasteiger partial charge in [-0.3, -0.25) is 14.4 Å². The van der Waals surface area contributed by atoms with Crippen LogP contribution in [0.2, 0.25) is 0 Å². The molecule has 0 radical (unpaired) electrons. The third-order valence-electron chi connectivity index (χ3n) is 2.43. The van der Waals surface area contributed by atoms with Crippen LogP contribution in [0.3, 0.4) is 0 Å². The Morgan fingerprint density at radius 2 is 1.58 bits per heavy atom. The van der Waals surface area contributed by atoms with Crippen LogP contribution in [0.4, 0.5) is 4.79 Å². The van der Waals surface area contributed by atoms with Crippen molar-refractivity contribution < 1.29 is 33.4 Å². The maximum atomic E-state index is 11.3. The number of ether oxygens (including phenoxy) is 3. The summed E-state index contributed by atoms with van der Waals surface area (Å²) in [6.07, 6.45) is -3.62. The Bertz CT molecular complexity index is 383. The number of carbonyl (C=O) groups excluding carboxylic acids is 4. The highest BCUT2D eigenvalue weighted by atomic mass is 16.8. The summed E-state index contributed by atoms with van der Waals surface area (Å²) in [5.41, 5.74) is 0. The molecule has 0 spiro atoms. The summed E-state index contributed by atoms with van der Waals surface area (Å²) in [5.74, 6) is -1.80. The Morgan fingerprint density at radius 3 is 2.05 bits per heavy atom. The van der Waals surface area contributed by atoms with Crippen LogP contribution in [-0.4, -0.2) is 36.1 Å². The first kappa shape index (κ1) is 15.1. The standard InChI is InChI=1S/C12H16O7/c1-6(2)11(15)17-7(3)18-12(16)19-10-8(13)4-5-9(10)14/h6-7,10H,4-5H2,1-3H3. The van der Waals surface area contributed by atoms with Crippen molar-refractivity contribution in [1.82, 2.24) is 0 Å². The number of hydrogen-bond acceptors (Lipinski definition) is 7. The number of hydrogen-bond donors (Lipinski definition) is 0. The van der Waals surface area contributed by atoms with Gasteiger partial charge in [-0.2, -0.15) is 0 Å². The van der Waals surface area contributed by atoms with E-state index in [2.05, 4.69) is 9.47 Å². The molecule has 0 amide bonds. The third-order valence-corrected chi connectivity index (χ3v) is 2.43. The highest BCUT2D eigenvalue weighted by Gasteiger charge is 2.37. The fraction of sp³-hybridized carbons (Fsp3) is 0.667. The first-order valence-corrected chi connectivity index (χ1v) is 5.94. The molecule has 0 aromatic rings. The fourth-order valence-corrected chi connectivity index (χ4v) is 1.40. The van der Waals surface area contributed by atoms with Crippen molar-refractivity contribution in [2.45, 2.75) is 46.0 Å². The van der Waals surface area contributed by atoms with Gasteiger partial charge in [0.05, 0.1) is 5.92 Å². The van der Waals surface area contributed by atoms with Gasteiger partial charge in [0.15, 0.2) is 11.6 Å². The van der Waals surface area contributed by atoms with Crippen molar-refractivity contribution in [1.29, 1.82) is 0 Å². The zero-order valence-electron chi connectivity index (χ0n) is 11.0. The second-order valence-corrected chi connectivity index (χ2v) is 4.46. The van der Waals surface area contributed by atoms with E-state index in [0.717, 1.165) is 0 Å². The van der Waals surface area contributed by atoms with Gasteiger partial charge in [-0.05, 0) is 0 Å². The van der Waals surface area contributed by atoms with E-state index in [4.69, 9.17) is 4.74 Å². The van der Waals surface area contributed by atoms with E-state index >= 15 is 0 Å². The normalized spacial score (nSPS) is 17.5. The molecule has 0 aliphatic heterocycles. The highest BCUT2D eigenvalue weighted by molar-refractivity contribution is 6.12. The summed E-state index contributed by atoms with van der Waals surface area (Å²) in [6, 6.07) is 0. The van der Waals surface area contributed by atoms with Crippen molar-refractivity contribution in [2.24, 2.45) is 5.92 Å². The van der Waals surface area contributed by atoms with Crippen molar-refractivity contribution in [3.05, 3.63) is 0 Å². The maximum Gasteiger partial charge on any atom is 0.512 e. The van der Waals surface area contributed by atoms with Crippen molar-refractivity contribution in [3.8, 4) is 0 Å². The first-order valence-electron chi connectivity index (χ1n) is 5.94.